The highest BCUT2D eigenvalue weighted by Crippen LogP contribution is 2.19. The molecule has 112 valence electrons. The van der Waals surface area contributed by atoms with Gasteiger partial charge in [-0.2, -0.15) is 0 Å². The van der Waals surface area contributed by atoms with E-state index >= 15 is 0 Å². The molecule has 1 amide bonds. The largest absolute Gasteiger partial charge is 0.330 e. The van der Waals surface area contributed by atoms with E-state index < -0.39 is 0 Å². The van der Waals surface area contributed by atoms with E-state index in [1.807, 2.05) is 24.4 Å². The summed E-state index contributed by atoms with van der Waals surface area (Å²) in [5.41, 5.74) is 2.60. The zero-order valence-electron chi connectivity index (χ0n) is 11.6. The number of anilines is 1. The number of aryl methyl sites for hydroxylation is 1. The number of halogens is 1. The second-order valence-corrected chi connectivity index (χ2v) is 7.52. The van der Waals surface area contributed by atoms with Crippen molar-refractivity contribution in [3.63, 3.8) is 0 Å². The van der Waals surface area contributed by atoms with E-state index in [0.29, 0.717) is 16.9 Å². The first-order valence-electron chi connectivity index (χ1n) is 6.47. The summed E-state index contributed by atoms with van der Waals surface area (Å²) in [5, 5.41) is 4.67. The minimum Gasteiger partial charge on any atom is -0.322 e. The number of carbonyl (C=O) groups excluding carboxylic acids is 1. The van der Waals surface area contributed by atoms with Gasteiger partial charge in [0.25, 0.3) is 5.91 Å². The number of rotatable bonds is 3. The molecule has 1 aromatic carbocycles. The molecule has 0 aliphatic carbocycles. The lowest BCUT2D eigenvalue weighted by atomic mass is 10.2. The molecule has 0 unspecified atom stereocenters. The van der Waals surface area contributed by atoms with Crippen molar-refractivity contribution in [2.24, 2.45) is 0 Å². The van der Waals surface area contributed by atoms with Crippen LogP contribution in [0.5, 0.6) is 0 Å². The Labute approximate surface area is 144 Å². The van der Waals surface area contributed by atoms with Crippen molar-refractivity contribution in [3.05, 3.63) is 66.5 Å². The lowest BCUT2D eigenvalue weighted by Gasteiger charge is -2.08. The molecule has 22 heavy (non-hydrogen) atoms. The van der Waals surface area contributed by atoms with Gasteiger partial charge in [-0.3, -0.25) is 9.36 Å². The average molecular weight is 425 g/mol. The summed E-state index contributed by atoms with van der Waals surface area (Å²) in [5.74, 6) is -0.158. The van der Waals surface area contributed by atoms with Crippen LogP contribution in [0.2, 0.25) is 0 Å². The molecule has 0 radical (unpaired) electrons. The summed E-state index contributed by atoms with van der Waals surface area (Å²) in [7, 11) is 0. The maximum atomic E-state index is 12.2. The van der Waals surface area contributed by atoms with Crippen LogP contribution >= 0.6 is 33.9 Å². The second kappa shape index (κ2) is 6.09. The maximum absolute atomic E-state index is 12.2. The molecule has 5 nitrogen and oxygen atoms in total. The van der Waals surface area contributed by atoms with E-state index in [-0.39, 0.29) is 11.6 Å². The van der Waals surface area contributed by atoms with E-state index in [0.717, 1.165) is 8.58 Å². The Balaban J connectivity index is 1.89. The van der Waals surface area contributed by atoms with Gasteiger partial charge < -0.3 is 10.3 Å². The second-order valence-electron chi connectivity index (χ2n) is 4.71. The van der Waals surface area contributed by atoms with Crippen LogP contribution in [0.4, 0.5) is 5.69 Å². The Hall–Kier alpha value is -1.87. The van der Waals surface area contributed by atoms with E-state index in [1.165, 1.54) is 11.3 Å². The number of carbonyl (C=O) groups is 1. The molecular weight excluding hydrogens is 413 g/mol. The molecule has 0 atom stereocenters. The zero-order chi connectivity index (χ0) is 15.7. The number of hydrogen-bond acceptors (Lipinski definition) is 3. The Morgan fingerprint density at radius 2 is 2.18 bits per heavy atom. The Kier molecular flexibility index (Phi) is 4.16. The minimum absolute atomic E-state index is 0.158. The number of nitrogens with one attached hydrogen (secondary N) is 2. The van der Waals surface area contributed by atoms with Crippen molar-refractivity contribution in [3.8, 4) is 5.69 Å². The van der Waals surface area contributed by atoms with Gasteiger partial charge in [-0.1, -0.05) is 6.07 Å². The number of amides is 1. The van der Waals surface area contributed by atoms with Crippen molar-refractivity contribution in [2.75, 3.05) is 5.32 Å². The van der Waals surface area contributed by atoms with Crippen LogP contribution in [0.1, 0.15) is 16.1 Å². The number of benzene rings is 1. The average Bonchev–Trinajstić information content (AvgIpc) is 3.05. The van der Waals surface area contributed by atoms with Crippen LogP contribution in [-0.2, 0) is 0 Å². The number of thiophene rings is 1. The molecule has 0 saturated heterocycles. The minimum atomic E-state index is -0.201. The normalized spacial score (nSPS) is 10.6. The van der Waals surface area contributed by atoms with Gasteiger partial charge in [0.15, 0.2) is 0 Å². The standard InChI is InChI=1S/C15H12IN3O2S/c1-9-7-17-15(21)19(9)12-4-2-3-11(6-12)18-14(20)10-5-13(16)22-8-10/h2-8H,1H3,(H,17,21)(H,18,20). The summed E-state index contributed by atoms with van der Waals surface area (Å²) >= 11 is 3.71. The Morgan fingerprint density at radius 1 is 1.36 bits per heavy atom. The third-order valence-electron chi connectivity index (χ3n) is 3.15. The predicted molar refractivity (Wildman–Crippen MR) is 96.1 cm³/mol. The number of aromatic amines is 1. The molecule has 0 fully saturated rings. The molecule has 0 aliphatic heterocycles. The quantitative estimate of drug-likeness (QED) is 0.632. The van der Waals surface area contributed by atoms with Gasteiger partial charge in [0, 0.05) is 23.0 Å². The molecule has 0 saturated carbocycles. The summed E-state index contributed by atoms with van der Waals surface area (Å²) in [6.07, 6.45) is 1.65. The van der Waals surface area contributed by atoms with Gasteiger partial charge in [-0.25, -0.2) is 4.79 Å². The molecule has 0 spiro atoms. The highest BCUT2D eigenvalue weighted by Gasteiger charge is 2.10. The van der Waals surface area contributed by atoms with Gasteiger partial charge in [-0.05, 0) is 53.8 Å². The van der Waals surface area contributed by atoms with Gasteiger partial charge in [0.1, 0.15) is 0 Å². The van der Waals surface area contributed by atoms with E-state index in [9.17, 15) is 9.59 Å². The number of aromatic nitrogens is 2. The molecule has 3 rings (SSSR count). The van der Waals surface area contributed by atoms with Crippen LogP contribution in [0, 0.1) is 9.81 Å². The van der Waals surface area contributed by atoms with Crippen molar-refractivity contribution in [1.82, 2.24) is 9.55 Å². The molecule has 0 bridgehead atoms. The smallest absolute Gasteiger partial charge is 0.322 e. The number of H-pyrrole nitrogens is 1. The van der Waals surface area contributed by atoms with E-state index in [1.54, 1.807) is 29.0 Å². The van der Waals surface area contributed by atoms with E-state index in [4.69, 9.17) is 0 Å². The van der Waals surface area contributed by atoms with Crippen molar-refractivity contribution in [2.45, 2.75) is 6.92 Å². The highest BCUT2D eigenvalue weighted by molar-refractivity contribution is 14.1. The third-order valence-corrected chi connectivity index (χ3v) is 4.94. The topological polar surface area (TPSA) is 66.9 Å². The molecule has 0 aliphatic rings. The first-order chi connectivity index (χ1) is 10.5. The molecule has 2 heterocycles. The number of hydrogen-bond donors (Lipinski definition) is 2. The number of imidazole rings is 1. The van der Waals surface area contributed by atoms with Crippen LogP contribution in [0.3, 0.4) is 0 Å². The first-order valence-corrected chi connectivity index (χ1v) is 8.43. The maximum Gasteiger partial charge on any atom is 0.330 e. The lowest BCUT2D eigenvalue weighted by Crippen LogP contribution is -2.16. The molecule has 7 heteroatoms. The fourth-order valence-electron chi connectivity index (χ4n) is 2.13. The molecular formula is C15H12IN3O2S. The van der Waals surface area contributed by atoms with Gasteiger partial charge >= 0.3 is 5.69 Å². The monoisotopic (exact) mass is 425 g/mol. The van der Waals surface area contributed by atoms with Crippen molar-refractivity contribution < 1.29 is 4.79 Å². The fourth-order valence-corrected chi connectivity index (χ4v) is 3.46. The van der Waals surface area contributed by atoms with Crippen LogP contribution in [-0.4, -0.2) is 15.5 Å². The first kappa shape index (κ1) is 15.0. The SMILES string of the molecule is Cc1c[nH]c(=O)n1-c1cccc(NC(=O)c2csc(I)c2)c1. The predicted octanol–water partition coefficient (Wildman–Crippen LogP) is 3.39. The number of nitrogens with zero attached hydrogens (tertiary/aromatic N) is 1. The molecule has 3 aromatic rings. The summed E-state index contributed by atoms with van der Waals surface area (Å²) < 4.78 is 2.62. The van der Waals surface area contributed by atoms with Crippen molar-refractivity contribution in [1.29, 1.82) is 0 Å². The zero-order valence-corrected chi connectivity index (χ0v) is 14.6. The van der Waals surface area contributed by atoms with E-state index in [2.05, 4.69) is 32.9 Å². The Bertz CT molecular complexity index is 894. The third kappa shape index (κ3) is 3.00. The molecule has 2 N–H and O–H groups in total. The van der Waals surface area contributed by atoms with Gasteiger partial charge in [0.05, 0.1) is 14.1 Å². The highest BCUT2D eigenvalue weighted by atomic mass is 127. The van der Waals surface area contributed by atoms with Gasteiger partial charge in [0.2, 0.25) is 0 Å². The Morgan fingerprint density at radius 3 is 2.82 bits per heavy atom. The lowest BCUT2D eigenvalue weighted by molar-refractivity contribution is 0.102. The molecule has 2 aromatic heterocycles. The van der Waals surface area contributed by atoms with Gasteiger partial charge in [-0.15, -0.1) is 11.3 Å². The summed E-state index contributed by atoms with van der Waals surface area (Å²) in [6.45, 7) is 1.84. The van der Waals surface area contributed by atoms with Crippen molar-refractivity contribution >= 4 is 45.5 Å². The fraction of sp³-hybridized carbons (Fsp3) is 0.0667. The van der Waals surface area contributed by atoms with Crippen LogP contribution in [0.15, 0.2) is 46.7 Å². The summed E-state index contributed by atoms with van der Waals surface area (Å²) in [4.78, 5) is 26.6. The van der Waals surface area contributed by atoms with Crippen LogP contribution in [0.25, 0.3) is 5.69 Å². The van der Waals surface area contributed by atoms with Crippen LogP contribution < -0.4 is 11.0 Å². The summed E-state index contributed by atoms with van der Waals surface area (Å²) in [6, 6.07) is 9.04.